The van der Waals surface area contributed by atoms with Crippen LogP contribution < -0.4 is 0 Å². The van der Waals surface area contributed by atoms with Crippen LogP contribution in [0.4, 0.5) is 0 Å². The molecule has 2 heterocycles. The number of hydrogen-bond acceptors (Lipinski definition) is 3. The Morgan fingerprint density at radius 2 is 1.94 bits per heavy atom. The van der Waals surface area contributed by atoms with Gasteiger partial charge in [-0.25, -0.2) is 9.97 Å². The van der Waals surface area contributed by atoms with Gasteiger partial charge in [-0.15, -0.1) is 0 Å². The summed E-state index contributed by atoms with van der Waals surface area (Å²) in [4.78, 5) is 8.16. The molecule has 0 N–H and O–H groups in total. The maximum absolute atomic E-state index is 6.07. The van der Waals surface area contributed by atoms with E-state index < -0.39 is 0 Å². The molecule has 0 aliphatic heterocycles. The molecule has 0 aliphatic rings. The van der Waals surface area contributed by atoms with Crippen molar-refractivity contribution in [2.45, 2.75) is 6.92 Å². The lowest BCUT2D eigenvalue weighted by Gasteiger charge is -1.98. The summed E-state index contributed by atoms with van der Waals surface area (Å²) in [5.41, 5.74) is 2.10. The second kappa shape index (κ2) is 4.26. The highest BCUT2D eigenvalue weighted by molar-refractivity contribution is 6.34. The molecule has 3 aromatic rings. The number of aromatic nitrogens is 2. The van der Waals surface area contributed by atoms with Gasteiger partial charge in [0.15, 0.2) is 11.3 Å². The maximum Gasteiger partial charge on any atom is 0.223 e. The summed E-state index contributed by atoms with van der Waals surface area (Å²) in [5.74, 6) is 0.630. The summed E-state index contributed by atoms with van der Waals surface area (Å²) >= 11 is 11.9. The lowest BCUT2D eigenvalue weighted by molar-refractivity contribution is 0.628. The van der Waals surface area contributed by atoms with Gasteiger partial charge in [0.05, 0.1) is 5.02 Å². The first kappa shape index (κ1) is 11.5. The highest BCUT2D eigenvalue weighted by Crippen LogP contribution is 2.31. The molecule has 0 spiro atoms. The third-order valence-electron chi connectivity index (χ3n) is 2.58. The maximum atomic E-state index is 6.07. The van der Waals surface area contributed by atoms with Gasteiger partial charge in [-0.2, -0.15) is 0 Å². The third kappa shape index (κ3) is 1.96. The number of rotatable bonds is 1. The Balaban J connectivity index is 2.22. The van der Waals surface area contributed by atoms with E-state index in [1.165, 1.54) is 0 Å². The van der Waals surface area contributed by atoms with E-state index in [2.05, 4.69) is 9.97 Å². The van der Waals surface area contributed by atoms with E-state index >= 15 is 0 Å². The molecule has 0 amide bonds. The number of fused-ring (bicyclic) bond motifs is 1. The van der Waals surface area contributed by atoms with Gasteiger partial charge in [0.2, 0.25) is 5.28 Å². The van der Waals surface area contributed by atoms with E-state index in [0.717, 1.165) is 11.1 Å². The van der Waals surface area contributed by atoms with Crippen molar-refractivity contribution in [2.24, 2.45) is 0 Å². The highest BCUT2D eigenvalue weighted by atomic mass is 35.5. The Kier molecular flexibility index (Phi) is 2.73. The molecule has 2 aromatic heterocycles. The third-order valence-corrected chi connectivity index (χ3v) is 3.04. The zero-order chi connectivity index (χ0) is 12.7. The largest absolute Gasteiger partial charge is 0.453 e. The highest BCUT2D eigenvalue weighted by Gasteiger charge is 2.11. The van der Waals surface area contributed by atoms with E-state index in [9.17, 15) is 0 Å². The normalized spacial score (nSPS) is 11.1. The summed E-state index contributed by atoms with van der Waals surface area (Å²) < 4.78 is 5.71. The summed E-state index contributed by atoms with van der Waals surface area (Å²) in [6.45, 7) is 1.85. The Bertz CT molecular complexity index is 717. The van der Waals surface area contributed by atoms with Crippen LogP contribution in [0, 0.1) is 6.92 Å². The zero-order valence-electron chi connectivity index (χ0n) is 9.45. The number of para-hydroxylation sites is 1. The predicted molar refractivity (Wildman–Crippen MR) is 72.0 cm³/mol. The first-order valence-corrected chi connectivity index (χ1v) is 6.09. The van der Waals surface area contributed by atoms with Gasteiger partial charge in [0.1, 0.15) is 5.69 Å². The standard InChI is InChI=1S/C13H8Cl2N2O/c1-7-5-10(17-13(15)16-7)11-6-8-3-2-4-9(14)12(8)18-11/h2-6H,1H3. The van der Waals surface area contributed by atoms with E-state index in [-0.39, 0.29) is 5.28 Å². The molecule has 0 radical (unpaired) electrons. The Morgan fingerprint density at radius 3 is 2.67 bits per heavy atom. The van der Waals surface area contributed by atoms with Crippen molar-refractivity contribution in [3.8, 4) is 11.5 Å². The molecule has 18 heavy (non-hydrogen) atoms. The molecule has 0 aliphatic carbocycles. The minimum atomic E-state index is 0.205. The average molecular weight is 279 g/mol. The van der Waals surface area contributed by atoms with Crippen molar-refractivity contribution < 1.29 is 4.42 Å². The van der Waals surface area contributed by atoms with Gasteiger partial charge in [-0.05, 0) is 36.7 Å². The van der Waals surface area contributed by atoms with Crippen molar-refractivity contribution >= 4 is 34.2 Å². The van der Waals surface area contributed by atoms with Gasteiger partial charge in [-0.3, -0.25) is 0 Å². The fraction of sp³-hybridized carbons (Fsp3) is 0.0769. The van der Waals surface area contributed by atoms with Crippen LogP contribution in [0.5, 0.6) is 0 Å². The summed E-state index contributed by atoms with van der Waals surface area (Å²) in [6.07, 6.45) is 0. The lowest BCUT2D eigenvalue weighted by atomic mass is 10.2. The zero-order valence-corrected chi connectivity index (χ0v) is 11.0. The Labute approximate surface area is 113 Å². The molecule has 5 heteroatoms. The quantitative estimate of drug-likeness (QED) is 0.615. The summed E-state index contributed by atoms with van der Waals surface area (Å²) in [5, 5.41) is 1.72. The molecule has 3 nitrogen and oxygen atoms in total. The SMILES string of the molecule is Cc1cc(-c2cc3cccc(Cl)c3o2)nc(Cl)n1. The predicted octanol–water partition coefficient (Wildman–Crippen LogP) is 4.51. The van der Waals surface area contributed by atoms with E-state index in [1.54, 1.807) is 6.07 Å². The minimum Gasteiger partial charge on any atom is -0.453 e. The minimum absolute atomic E-state index is 0.205. The van der Waals surface area contributed by atoms with Crippen LogP contribution in [0.3, 0.4) is 0 Å². The van der Waals surface area contributed by atoms with Crippen molar-refractivity contribution in [2.75, 3.05) is 0 Å². The van der Waals surface area contributed by atoms with Crippen molar-refractivity contribution in [3.63, 3.8) is 0 Å². The van der Waals surface area contributed by atoms with Crippen LogP contribution in [0.25, 0.3) is 22.4 Å². The van der Waals surface area contributed by atoms with Crippen LogP contribution in [0.1, 0.15) is 5.69 Å². The van der Waals surface area contributed by atoms with Crippen LogP contribution in [0.2, 0.25) is 10.3 Å². The van der Waals surface area contributed by atoms with E-state index in [1.807, 2.05) is 31.2 Å². The molecule has 0 saturated carbocycles. The molecule has 1 aromatic carbocycles. The average Bonchev–Trinajstić information content (AvgIpc) is 2.73. The molecule has 0 unspecified atom stereocenters. The monoisotopic (exact) mass is 278 g/mol. The van der Waals surface area contributed by atoms with Crippen LogP contribution >= 0.6 is 23.2 Å². The van der Waals surface area contributed by atoms with Crippen molar-refractivity contribution in [3.05, 3.63) is 46.3 Å². The van der Waals surface area contributed by atoms with Gasteiger partial charge in [0, 0.05) is 11.1 Å². The van der Waals surface area contributed by atoms with Crippen LogP contribution in [0.15, 0.2) is 34.7 Å². The van der Waals surface area contributed by atoms with Crippen molar-refractivity contribution in [1.29, 1.82) is 0 Å². The van der Waals surface area contributed by atoms with Gasteiger partial charge in [-0.1, -0.05) is 23.7 Å². The second-order valence-corrected chi connectivity index (χ2v) is 4.68. The second-order valence-electron chi connectivity index (χ2n) is 3.93. The van der Waals surface area contributed by atoms with Gasteiger partial charge < -0.3 is 4.42 Å². The van der Waals surface area contributed by atoms with Gasteiger partial charge >= 0.3 is 0 Å². The smallest absolute Gasteiger partial charge is 0.223 e. The summed E-state index contributed by atoms with van der Waals surface area (Å²) in [7, 11) is 0. The first-order valence-electron chi connectivity index (χ1n) is 5.33. The molecule has 90 valence electrons. The van der Waals surface area contributed by atoms with Gasteiger partial charge in [0.25, 0.3) is 0 Å². The number of furan rings is 1. The number of nitrogens with zero attached hydrogens (tertiary/aromatic N) is 2. The lowest BCUT2D eigenvalue weighted by Crippen LogP contribution is -1.89. The van der Waals surface area contributed by atoms with Crippen LogP contribution in [-0.4, -0.2) is 9.97 Å². The first-order chi connectivity index (χ1) is 8.63. The Morgan fingerprint density at radius 1 is 1.11 bits per heavy atom. The fourth-order valence-corrected chi connectivity index (χ4v) is 2.26. The Hall–Kier alpha value is -1.58. The number of halogens is 2. The van der Waals surface area contributed by atoms with E-state index in [0.29, 0.717) is 22.1 Å². The molecule has 0 fully saturated rings. The molecular weight excluding hydrogens is 271 g/mol. The topological polar surface area (TPSA) is 38.9 Å². The molecule has 3 rings (SSSR count). The van der Waals surface area contributed by atoms with Crippen molar-refractivity contribution in [1.82, 2.24) is 9.97 Å². The summed E-state index contributed by atoms with van der Waals surface area (Å²) in [6, 6.07) is 9.30. The molecule has 0 atom stereocenters. The number of hydrogen-bond donors (Lipinski definition) is 0. The number of benzene rings is 1. The molecule has 0 saturated heterocycles. The van der Waals surface area contributed by atoms with Crippen LogP contribution in [-0.2, 0) is 0 Å². The number of aryl methyl sites for hydroxylation is 1. The van der Waals surface area contributed by atoms with E-state index in [4.69, 9.17) is 27.6 Å². The molecular formula is C13H8Cl2N2O. The molecule has 0 bridgehead atoms. The fourth-order valence-electron chi connectivity index (χ4n) is 1.81.